The van der Waals surface area contributed by atoms with Gasteiger partial charge in [-0.25, -0.2) is 34.7 Å². The number of hydrogen-bond acceptors (Lipinski definition) is 38. The van der Waals surface area contributed by atoms with Crippen molar-refractivity contribution < 1.29 is 203 Å². The number of aliphatic carboxylic acids is 2. The van der Waals surface area contributed by atoms with Gasteiger partial charge in [-0.15, -0.1) is 0 Å². The second kappa shape index (κ2) is 30.7. The molecule has 92 heavy (non-hydrogen) atoms. The third-order valence-electron chi connectivity index (χ3n) is 14.8. The Hall–Kier alpha value is -2.56. The van der Waals surface area contributed by atoms with Crippen LogP contribution in [-0.2, 0) is 178 Å². The van der Waals surface area contributed by atoms with Gasteiger partial charge in [0, 0.05) is 49.8 Å². The van der Waals surface area contributed by atoms with Crippen LogP contribution in [0.25, 0.3) is 0 Å². The predicted octanol–water partition coefficient (Wildman–Crippen LogP) is -7.04. The minimum absolute atomic E-state index is 0.742. The lowest BCUT2D eigenvalue weighted by Crippen LogP contribution is -2.78. The first-order chi connectivity index (χ1) is 42.5. The highest BCUT2D eigenvalue weighted by molar-refractivity contribution is 7.82. The van der Waals surface area contributed by atoms with Crippen molar-refractivity contribution in [3.05, 3.63) is 0 Å². The lowest BCUT2D eigenvalue weighted by Gasteiger charge is -2.57. The molecule has 7 aliphatic rings. The molecular weight excluding hydrogens is 1410 g/mol. The summed E-state index contributed by atoms with van der Waals surface area (Å²) in [6.45, 7) is -3.97. The van der Waals surface area contributed by atoms with Gasteiger partial charge in [-0.2, -0.15) is 50.5 Å². The van der Waals surface area contributed by atoms with Crippen molar-refractivity contribution in [1.82, 2.24) is 0 Å². The standard InChI is InChI=1S/C40H67NO45S6/c1-9-39(37(42)43)30(80-32-17(41)21(65-3)18(64-2)14(75-32)10-72-87(46,47)48)24(67-5)26(69-7)35(82-39)79-20-16(12-74-89(52,53)54)77-34(29(86-92(61,62)63)23(20)84-90(55,56)57)81-31-25(68-6)27-36(83-40(31,13-71-27)38(44)45)78-19-15(11-73-88(49,50)51)76-33(70-8)28(22(19)66-4)85-91(58,59)60/h14-36H,9-13,41H2,1-8H3,(H,42,43)(H,44,45)(H,46,47,48)(H,49,50,51)(H,52,53,54)(H,55,56,57)(H,58,59,60)(H,61,62,63)/t14-,15-,16-,17-,18-,19-,20-,21-,22+,23+,24-,25-,26-,27-,28-,29-,30+,31+,32+,33+,34-,35-,36?,39+,40+/m1/s1. The normalized spacial score (nSPS) is 40.1. The smallest absolute Gasteiger partial charge is 0.397 e. The lowest BCUT2D eigenvalue weighted by atomic mass is 9.83. The number of rotatable bonds is 33. The Bertz CT molecular complexity index is 3220. The van der Waals surface area contributed by atoms with E-state index in [4.69, 9.17) is 98.8 Å². The van der Waals surface area contributed by atoms with Gasteiger partial charge in [-0.3, -0.25) is 27.3 Å². The molecule has 0 aromatic carbocycles. The van der Waals surface area contributed by atoms with Gasteiger partial charge in [-0.1, -0.05) is 6.92 Å². The van der Waals surface area contributed by atoms with E-state index in [2.05, 4.69) is 12.5 Å². The second-order valence-corrected chi connectivity index (χ2v) is 26.5. The van der Waals surface area contributed by atoms with Crippen molar-refractivity contribution in [3.8, 4) is 0 Å². The van der Waals surface area contributed by atoms with Gasteiger partial charge in [0.15, 0.2) is 49.3 Å². The van der Waals surface area contributed by atoms with Crippen molar-refractivity contribution in [2.75, 3.05) is 76.2 Å². The first-order valence-electron chi connectivity index (χ1n) is 25.8. The quantitative estimate of drug-likeness (QED) is 0.0276. The van der Waals surface area contributed by atoms with Gasteiger partial charge in [0.1, 0.15) is 91.6 Å². The monoisotopic (exact) mass is 1470 g/mol. The fraction of sp³-hybridized carbons (Fsp3) is 0.950. The number of fused-ring (bicyclic) bond motifs is 3. The van der Waals surface area contributed by atoms with Crippen LogP contribution in [0.1, 0.15) is 13.3 Å². The van der Waals surface area contributed by atoms with Crippen LogP contribution >= 0.6 is 0 Å². The molecule has 0 aliphatic carbocycles. The summed E-state index contributed by atoms with van der Waals surface area (Å²) in [7, 11) is -27.3. The summed E-state index contributed by atoms with van der Waals surface area (Å²) in [6, 6.07) is -1.51. The van der Waals surface area contributed by atoms with E-state index in [1.165, 1.54) is 6.92 Å². The molecule has 25 atom stereocenters. The van der Waals surface area contributed by atoms with E-state index in [-0.39, 0.29) is 0 Å². The minimum Gasteiger partial charge on any atom is -0.479 e. The molecule has 7 aliphatic heterocycles. The van der Waals surface area contributed by atoms with Gasteiger partial charge in [0.25, 0.3) is 0 Å². The van der Waals surface area contributed by atoms with E-state index in [0.29, 0.717) is 0 Å². The Labute approximate surface area is 523 Å². The maximum Gasteiger partial charge on any atom is 0.397 e. The molecule has 7 fully saturated rings. The fourth-order valence-electron chi connectivity index (χ4n) is 11.0. The summed E-state index contributed by atoms with van der Waals surface area (Å²) in [6.07, 6.45) is -48.3. The summed E-state index contributed by atoms with van der Waals surface area (Å²) < 4.78 is 331. The molecule has 10 N–H and O–H groups in total. The van der Waals surface area contributed by atoms with E-state index >= 15 is 0 Å². The molecule has 1 unspecified atom stereocenters. The molecule has 52 heteroatoms. The van der Waals surface area contributed by atoms with Gasteiger partial charge in [-0.05, 0) is 6.42 Å². The van der Waals surface area contributed by atoms with Gasteiger partial charge >= 0.3 is 74.3 Å². The summed E-state index contributed by atoms with van der Waals surface area (Å²) in [5, 5.41) is 22.1. The van der Waals surface area contributed by atoms with Crippen LogP contribution < -0.4 is 5.73 Å². The number of carboxylic acid groups (broad SMARTS) is 2. The van der Waals surface area contributed by atoms with Crippen LogP contribution in [0.4, 0.5) is 0 Å². The highest BCUT2D eigenvalue weighted by Crippen LogP contribution is 2.47. The lowest BCUT2D eigenvalue weighted by molar-refractivity contribution is -0.429. The minimum atomic E-state index is -6.15. The maximum absolute atomic E-state index is 13.7. The second-order valence-electron chi connectivity index (χ2n) is 20.1. The fourth-order valence-corrected chi connectivity index (χ4v) is 13.4. The molecule has 0 spiro atoms. The van der Waals surface area contributed by atoms with Crippen LogP contribution in [0, 0.1) is 0 Å². The molecule has 0 radical (unpaired) electrons. The van der Waals surface area contributed by atoms with Crippen LogP contribution in [0.5, 0.6) is 0 Å². The van der Waals surface area contributed by atoms with Gasteiger partial charge in [0.05, 0.1) is 32.5 Å². The van der Waals surface area contributed by atoms with Crippen LogP contribution in [-0.4, -0.2) is 329 Å². The summed E-state index contributed by atoms with van der Waals surface area (Å²) in [5.41, 5.74) is 0.404. The molecule has 538 valence electrons. The topological polar surface area (TPSA) is 639 Å². The number of carboxylic acids is 2. The molecule has 7 heterocycles. The summed E-state index contributed by atoms with van der Waals surface area (Å²) in [5.74, 6) is -4.11. The SMILES string of the molecule is CC[C@]1(C(=O)O)O[C@@H](O[C@H]2[C@H](OS(=O)(=O)O)[C@@H](OS(=O)(=O)O)[C@@H](O[C@H]3[C@H](OC)[C@H]4OC[C@]3(C(=O)O)OC4O[C@H]3[C@H](OC)[C@@H](OS(=O)(=O)O)[C@@H](OC)O[C@@H]3COS(=O)(=O)O)O[C@@H]2COS(=O)(=O)O)[C@H](OC)[C@@H](OC)[C@@H]1O[C@@H]1O[C@H](COS(=O)(=O)O)[C@@H](OC)[C@H](OC)[C@H]1N. The zero-order valence-corrected chi connectivity index (χ0v) is 53.4. The third kappa shape index (κ3) is 18.6. The Morgan fingerprint density at radius 3 is 1.26 bits per heavy atom. The average molecular weight is 1470 g/mol. The Morgan fingerprint density at radius 2 is 0.837 bits per heavy atom. The Balaban J connectivity index is 1.44. The van der Waals surface area contributed by atoms with Gasteiger partial charge in [0.2, 0.25) is 5.60 Å². The first kappa shape index (κ1) is 78.4. The van der Waals surface area contributed by atoms with Crippen LogP contribution in [0.2, 0.25) is 0 Å². The molecule has 46 nitrogen and oxygen atoms in total. The van der Waals surface area contributed by atoms with E-state index in [9.17, 15) is 97.6 Å². The number of hydrogen-bond donors (Lipinski definition) is 9. The Morgan fingerprint density at radius 1 is 0.424 bits per heavy atom. The molecule has 7 rings (SSSR count). The molecule has 7 saturated heterocycles. The van der Waals surface area contributed by atoms with Crippen molar-refractivity contribution in [3.63, 3.8) is 0 Å². The maximum atomic E-state index is 13.7. The molecule has 0 aromatic rings. The molecule has 0 aromatic heterocycles. The number of nitrogens with two attached hydrogens (primary N) is 1. The number of ether oxygens (including phenoxy) is 17. The van der Waals surface area contributed by atoms with E-state index in [1.807, 2.05) is 0 Å². The molecule has 2 bridgehead atoms. The zero-order chi connectivity index (χ0) is 69.2. The Kier molecular flexibility index (Phi) is 26.2. The van der Waals surface area contributed by atoms with E-state index in [0.717, 1.165) is 49.8 Å². The van der Waals surface area contributed by atoms with E-state index < -0.39 is 260 Å². The number of carbonyl (C=O) groups is 2. The largest absolute Gasteiger partial charge is 0.479 e. The third-order valence-corrected chi connectivity index (χ3v) is 17.5. The zero-order valence-electron chi connectivity index (χ0n) is 48.5. The van der Waals surface area contributed by atoms with E-state index in [1.54, 1.807) is 0 Å². The average Bonchev–Trinajstić information content (AvgIpc) is 0.727. The number of methoxy groups -OCH3 is 7. The summed E-state index contributed by atoms with van der Waals surface area (Å²) in [4.78, 5) is 27.4. The van der Waals surface area contributed by atoms with Crippen LogP contribution in [0.15, 0.2) is 0 Å². The summed E-state index contributed by atoms with van der Waals surface area (Å²) >= 11 is 0. The molecule has 0 saturated carbocycles. The molecule has 0 amide bonds. The predicted molar refractivity (Wildman–Crippen MR) is 278 cm³/mol. The van der Waals surface area contributed by atoms with Crippen molar-refractivity contribution in [1.29, 1.82) is 0 Å². The highest BCUT2D eigenvalue weighted by atomic mass is 32.3. The van der Waals surface area contributed by atoms with Crippen molar-refractivity contribution in [2.45, 2.75) is 166 Å². The highest BCUT2D eigenvalue weighted by Gasteiger charge is 2.70. The van der Waals surface area contributed by atoms with Crippen LogP contribution in [0.3, 0.4) is 0 Å². The van der Waals surface area contributed by atoms with Crippen molar-refractivity contribution in [2.24, 2.45) is 5.73 Å². The first-order valence-corrected chi connectivity index (χ1v) is 34.0. The van der Waals surface area contributed by atoms with Gasteiger partial charge < -0.3 is 96.5 Å². The van der Waals surface area contributed by atoms with Crippen molar-refractivity contribution >= 4 is 74.3 Å². The molecular formula is C40H67NO45S6.